The lowest BCUT2D eigenvalue weighted by Crippen LogP contribution is -2.35. The van der Waals surface area contributed by atoms with Gasteiger partial charge in [-0.1, -0.05) is 12.1 Å². The van der Waals surface area contributed by atoms with E-state index in [9.17, 15) is 4.79 Å². The van der Waals surface area contributed by atoms with Gasteiger partial charge in [0, 0.05) is 36.0 Å². The highest BCUT2D eigenvalue weighted by atomic mass is 32.1. The number of carbonyl (C=O) groups is 1. The van der Waals surface area contributed by atoms with Crippen LogP contribution in [0.1, 0.15) is 43.6 Å². The molecule has 5 rings (SSSR count). The Kier molecular flexibility index (Phi) is 4.73. The van der Waals surface area contributed by atoms with Crippen LogP contribution in [0.4, 0.5) is 5.00 Å². The van der Waals surface area contributed by atoms with Gasteiger partial charge < -0.3 is 5.32 Å². The topological polar surface area (TPSA) is 45.2 Å². The second-order valence-corrected chi connectivity index (χ2v) is 10.3. The third-order valence-corrected chi connectivity index (χ3v) is 7.93. The van der Waals surface area contributed by atoms with Gasteiger partial charge >= 0.3 is 0 Å². The van der Waals surface area contributed by atoms with E-state index in [1.807, 2.05) is 6.07 Å². The van der Waals surface area contributed by atoms with Crippen molar-refractivity contribution >= 4 is 43.8 Å². The molecule has 0 unspecified atom stereocenters. The lowest BCUT2D eigenvalue weighted by atomic mass is 10.0. The predicted molar refractivity (Wildman–Crippen MR) is 118 cm³/mol. The number of amides is 1. The van der Waals surface area contributed by atoms with E-state index in [1.54, 1.807) is 22.7 Å². The number of rotatable bonds is 5. The molecule has 1 amide bonds. The van der Waals surface area contributed by atoms with E-state index in [1.165, 1.54) is 33.5 Å². The molecule has 1 aromatic carbocycles. The molecule has 4 nitrogen and oxygen atoms in total. The number of thiophene rings is 1. The summed E-state index contributed by atoms with van der Waals surface area (Å²) in [6.07, 6.45) is 4.07. The number of carbonyl (C=O) groups excluding carboxylic acids is 1. The summed E-state index contributed by atoms with van der Waals surface area (Å²) in [6.45, 7) is 6.54. The third kappa shape index (κ3) is 3.49. The quantitative estimate of drug-likeness (QED) is 0.600. The summed E-state index contributed by atoms with van der Waals surface area (Å²) >= 11 is 3.49. The Bertz CT molecular complexity index is 999. The van der Waals surface area contributed by atoms with Crippen molar-refractivity contribution in [1.29, 1.82) is 0 Å². The summed E-state index contributed by atoms with van der Waals surface area (Å²) < 4.78 is 1.20. The molecule has 1 N–H and O–H groups in total. The first-order chi connectivity index (χ1) is 13.6. The van der Waals surface area contributed by atoms with Gasteiger partial charge in [-0.15, -0.1) is 22.7 Å². The van der Waals surface area contributed by atoms with Crippen LogP contribution in [0, 0.1) is 5.92 Å². The SMILES string of the molecule is CC(C)N1CCc2c(sc(NC(=O)CC3CC3)c2-c2nc3ccccc3s2)C1. The molecule has 0 spiro atoms. The molecule has 28 heavy (non-hydrogen) atoms. The molecule has 2 aliphatic rings. The number of anilines is 1. The largest absolute Gasteiger partial charge is 0.317 e. The van der Waals surface area contributed by atoms with Gasteiger partial charge in [-0.25, -0.2) is 4.98 Å². The van der Waals surface area contributed by atoms with Crippen molar-refractivity contribution in [1.82, 2.24) is 9.88 Å². The van der Waals surface area contributed by atoms with Crippen LogP contribution >= 0.6 is 22.7 Å². The fourth-order valence-electron chi connectivity index (χ4n) is 3.92. The first-order valence-corrected chi connectivity index (χ1v) is 11.8. The number of nitrogens with one attached hydrogen (secondary N) is 1. The van der Waals surface area contributed by atoms with Crippen LogP contribution in [-0.4, -0.2) is 28.4 Å². The summed E-state index contributed by atoms with van der Waals surface area (Å²) in [5.74, 6) is 0.751. The fraction of sp³-hybridized carbons (Fsp3) is 0.455. The van der Waals surface area contributed by atoms with Crippen LogP contribution in [-0.2, 0) is 17.8 Å². The number of fused-ring (bicyclic) bond motifs is 2. The van der Waals surface area contributed by atoms with Gasteiger partial charge in [0.05, 0.1) is 10.2 Å². The van der Waals surface area contributed by atoms with Gasteiger partial charge in [0.15, 0.2) is 0 Å². The van der Waals surface area contributed by atoms with E-state index in [0.29, 0.717) is 18.4 Å². The molecule has 1 aliphatic carbocycles. The van der Waals surface area contributed by atoms with Crippen molar-refractivity contribution in [2.75, 3.05) is 11.9 Å². The molecule has 0 bridgehead atoms. The number of hydrogen-bond donors (Lipinski definition) is 1. The lowest BCUT2D eigenvalue weighted by Gasteiger charge is -2.30. The molecule has 1 saturated carbocycles. The van der Waals surface area contributed by atoms with Gasteiger partial charge in [0.1, 0.15) is 10.0 Å². The Morgan fingerprint density at radius 1 is 1.29 bits per heavy atom. The number of thiazole rings is 1. The molecule has 0 radical (unpaired) electrons. The van der Waals surface area contributed by atoms with E-state index < -0.39 is 0 Å². The van der Waals surface area contributed by atoms with Crippen LogP contribution in [0.5, 0.6) is 0 Å². The van der Waals surface area contributed by atoms with Crippen LogP contribution in [0.3, 0.4) is 0 Å². The van der Waals surface area contributed by atoms with Crippen molar-refractivity contribution in [2.24, 2.45) is 5.92 Å². The summed E-state index contributed by atoms with van der Waals surface area (Å²) in [5, 5.41) is 5.29. The van der Waals surface area contributed by atoms with Gasteiger partial charge in [-0.2, -0.15) is 0 Å². The average Bonchev–Trinajstić information content (AvgIpc) is 3.26. The zero-order chi connectivity index (χ0) is 19.3. The maximum atomic E-state index is 12.6. The summed E-state index contributed by atoms with van der Waals surface area (Å²) in [4.78, 5) is 21.4. The Balaban J connectivity index is 1.55. The molecule has 1 fully saturated rings. The molecular formula is C22H25N3OS2. The molecule has 1 aliphatic heterocycles. The third-order valence-electron chi connectivity index (χ3n) is 5.75. The Hall–Kier alpha value is -1.76. The van der Waals surface area contributed by atoms with Crippen molar-refractivity contribution in [3.05, 3.63) is 34.7 Å². The smallest absolute Gasteiger partial charge is 0.225 e. The number of aromatic nitrogens is 1. The molecule has 6 heteroatoms. The second kappa shape index (κ2) is 7.25. The maximum Gasteiger partial charge on any atom is 0.225 e. The van der Waals surface area contributed by atoms with E-state index in [2.05, 4.69) is 42.3 Å². The normalized spacial score (nSPS) is 17.2. The fourth-order valence-corrected chi connectivity index (χ4v) is 6.32. The summed E-state index contributed by atoms with van der Waals surface area (Å²) in [7, 11) is 0. The number of hydrogen-bond acceptors (Lipinski definition) is 5. The molecule has 0 saturated heterocycles. The first kappa shape index (κ1) is 18.3. The Labute approximate surface area is 173 Å². The highest BCUT2D eigenvalue weighted by Crippen LogP contribution is 2.46. The predicted octanol–water partition coefficient (Wildman–Crippen LogP) is 5.53. The Morgan fingerprint density at radius 3 is 2.86 bits per heavy atom. The van der Waals surface area contributed by atoms with E-state index >= 15 is 0 Å². The minimum absolute atomic E-state index is 0.157. The number of benzene rings is 1. The van der Waals surface area contributed by atoms with E-state index in [4.69, 9.17) is 4.98 Å². The number of para-hydroxylation sites is 1. The van der Waals surface area contributed by atoms with Crippen molar-refractivity contribution in [2.45, 2.75) is 52.1 Å². The average molecular weight is 412 g/mol. The van der Waals surface area contributed by atoms with Crippen molar-refractivity contribution in [3.63, 3.8) is 0 Å². The lowest BCUT2D eigenvalue weighted by molar-refractivity contribution is -0.116. The molecular weight excluding hydrogens is 386 g/mol. The summed E-state index contributed by atoms with van der Waals surface area (Å²) in [5.41, 5.74) is 3.61. The van der Waals surface area contributed by atoms with Crippen molar-refractivity contribution in [3.8, 4) is 10.6 Å². The molecule has 146 valence electrons. The van der Waals surface area contributed by atoms with E-state index in [-0.39, 0.29) is 5.91 Å². The minimum atomic E-state index is 0.157. The second-order valence-electron chi connectivity index (χ2n) is 8.20. The van der Waals surface area contributed by atoms with Gasteiger partial charge in [-0.05, 0) is 56.7 Å². The molecule has 2 aromatic heterocycles. The van der Waals surface area contributed by atoms with Crippen LogP contribution in [0.15, 0.2) is 24.3 Å². The number of nitrogens with zero attached hydrogens (tertiary/aromatic N) is 2. The first-order valence-electron chi connectivity index (χ1n) is 10.1. The summed E-state index contributed by atoms with van der Waals surface area (Å²) in [6, 6.07) is 8.83. The molecule has 3 aromatic rings. The molecule has 0 atom stereocenters. The van der Waals surface area contributed by atoms with Gasteiger partial charge in [-0.3, -0.25) is 9.69 Å². The zero-order valence-electron chi connectivity index (χ0n) is 16.3. The van der Waals surface area contributed by atoms with Crippen molar-refractivity contribution < 1.29 is 4.79 Å². The standard InChI is InChI=1S/C22H25N3OS2/c1-13(2)25-10-9-15-18(12-25)28-22(24-19(26)11-14-7-8-14)20(15)21-23-16-5-3-4-6-17(16)27-21/h3-6,13-14H,7-12H2,1-2H3,(H,24,26). The zero-order valence-corrected chi connectivity index (χ0v) is 18.0. The van der Waals surface area contributed by atoms with E-state index in [0.717, 1.165) is 35.0 Å². The van der Waals surface area contributed by atoms with Crippen LogP contribution < -0.4 is 5.32 Å². The van der Waals surface area contributed by atoms with Gasteiger partial charge in [0.2, 0.25) is 5.91 Å². The van der Waals surface area contributed by atoms with Gasteiger partial charge in [0.25, 0.3) is 0 Å². The van der Waals surface area contributed by atoms with Crippen LogP contribution in [0.2, 0.25) is 0 Å². The molecule has 3 heterocycles. The highest BCUT2D eigenvalue weighted by molar-refractivity contribution is 7.22. The Morgan fingerprint density at radius 2 is 2.11 bits per heavy atom. The monoisotopic (exact) mass is 411 g/mol. The van der Waals surface area contributed by atoms with Crippen LogP contribution in [0.25, 0.3) is 20.8 Å². The highest BCUT2D eigenvalue weighted by Gasteiger charge is 2.30. The minimum Gasteiger partial charge on any atom is -0.317 e. The maximum absolute atomic E-state index is 12.6.